The molecule has 1 rings (SSSR count). The van der Waals surface area contributed by atoms with Crippen molar-refractivity contribution in [2.75, 3.05) is 19.2 Å². The SMILES string of the molecule is Cc1c(SCCOCOC(F)(F)F)ccnc1CCl. The van der Waals surface area contributed by atoms with Crippen LogP contribution in [-0.2, 0) is 15.4 Å². The third-order valence-corrected chi connectivity index (χ3v) is 3.55. The van der Waals surface area contributed by atoms with Crippen LogP contribution >= 0.6 is 23.4 Å². The molecule has 0 atom stereocenters. The molecule has 0 aromatic carbocycles. The monoisotopic (exact) mass is 315 g/mol. The van der Waals surface area contributed by atoms with Gasteiger partial charge in [-0.25, -0.2) is 0 Å². The molecule has 1 aromatic rings. The van der Waals surface area contributed by atoms with Crippen molar-refractivity contribution in [2.24, 2.45) is 0 Å². The fraction of sp³-hybridized carbons (Fsp3) is 0.545. The van der Waals surface area contributed by atoms with Gasteiger partial charge < -0.3 is 4.74 Å². The minimum atomic E-state index is -4.65. The van der Waals surface area contributed by atoms with E-state index in [1.807, 2.05) is 13.0 Å². The molecule has 0 spiro atoms. The Morgan fingerprint density at radius 3 is 2.79 bits per heavy atom. The number of rotatable bonds is 7. The van der Waals surface area contributed by atoms with Gasteiger partial charge in [-0.15, -0.1) is 36.5 Å². The third kappa shape index (κ3) is 6.47. The molecule has 1 heterocycles. The molecule has 0 unspecified atom stereocenters. The number of ether oxygens (including phenoxy) is 2. The maximum atomic E-state index is 11.6. The summed E-state index contributed by atoms with van der Waals surface area (Å²) in [6, 6.07) is 1.84. The van der Waals surface area contributed by atoms with E-state index in [1.54, 1.807) is 6.20 Å². The Morgan fingerprint density at radius 1 is 1.42 bits per heavy atom. The van der Waals surface area contributed by atoms with Crippen LogP contribution in [0, 0.1) is 6.92 Å². The van der Waals surface area contributed by atoms with Gasteiger partial charge in [0, 0.05) is 16.8 Å². The van der Waals surface area contributed by atoms with Crippen LogP contribution in [0.5, 0.6) is 0 Å². The third-order valence-electron chi connectivity index (χ3n) is 2.18. The van der Waals surface area contributed by atoms with Crippen molar-refractivity contribution in [3.63, 3.8) is 0 Å². The number of alkyl halides is 4. The Labute approximate surface area is 118 Å². The summed E-state index contributed by atoms with van der Waals surface area (Å²) in [5.41, 5.74) is 1.78. The van der Waals surface area contributed by atoms with Crippen LogP contribution < -0.4 is 0 Å². The van der Waals surface area contributed by atoms with Crippen LogP contribution in [0.3, 0.4) is 0 Å². The topological polar surface area (TPSA) is 31.4 Å². The van der Waals surface area contributed by atoms with Crippen LogP contribution in [-0.4, -0.2) is 30.5 Å². The van der Waals surface area contributed by atoms with E-state index >= 15 is 0 Å². The molecule has 108 valence electrons. The van der Waals surface area contributed by atoms with Gasteiger partial charge in [-0.1, -0.05) is 0 Å². The second-order valence-electron chi connectivity index (χ2n) is 3.48. The van der Waals surface area contributed by atoms with E-state index in [9.17, 15) is 13.2 Å². The number of hydrogen-bond donors (Lipinski definition) is 0. The summed E-state index contributed by atoms with van der Waals surface area (Å²) in [6.07, 6.45) is -3.00. The molecule has 19 heavy (non-hydrogen) atoms. The average molecular weight is 316 g/mol. The Balaban J connectivity index is 2.26. The predicted octanol–water partition coefficient (Wildman–Crippen LogP) is 3.73. The zero-order valence-electron chi connectivity index (χ0n) is 10.2. The number of halogens is 4. The average Bonchev–Trinajstić information content (AvgIpc) is 2.34. The highest BCUT2D eigenvalue weighted by molar-refractivity contribution is 7.99. The van der Waals surface area contributed by atoms with Crippen LogP contribution in [0.4, 0.5) is 13.2 Å². The first kappa shape index (κ1) is 16.6. The van der Waals surface area contributed by atoms with Crippen molar-refractivity contribution < 1.29 is 22.6 Å². The zero-order valence-corrected chi connectivity index (χ0v) is 11.7. The van der Waals surface area contributed by atoms with Gasteiger partial charge in [0.2, 0.25) is 0 Å². The summed E-state index contributed by atoms with van der Waals surface area (Å²) in [7, 11) is 0. The first-order valence-electron chi connectivity index (χ1n) is 5.35. The number of pyridine rings is 1. The molecule has 0 N–H and O–H groups in total. The van der Waals surface area contributed by atoms with Crippen molar-refractivity contribution in [2.45, 2.75) is 24.1 Å². The second-order valence-corrected chi connectivity index (χ2v) is 4.88. The van der Waals surface area contributed by atoms with Crippen molar-refractivity contribution in [1.29, 1.82) is 0 Å². The van der Waals surface area contributed by atoms with E-state index in [2.05, 4.69) is 9.72 Å². The maximum absolute atomic E-state index is 11.6. The lowest BCUT2D eigenvalue weighted by atomic mass is 10.2. The lowest BCUT2D eigenvalue weighted by molar-refractivity contribution is -0.349. The van der Waals surface area contributed by atoms with Gasteiger partial charge in [0.15, 0.2) is 6.79 Å². The largest absolute Gasteiger partial charge is 0.524 e. The summed E-state index contributed by atoms with van der Waals surface area (Å²) < 4.78 is 43.1. The molecule has 0 bridgehead atoms. The normalized spacial score (nSPS) is 11.8. The van der Waals surface area contributed by atoms with E-state index in [4.69, 9.17) is 16.3 Å². The van der Waals surface area contributed by atoms with E-state index in [-0.39, 0.29) is 6.61 Å². The van der Waals surface area contributed by atoms with Gasteiger partial charge in [-0.05, 0) is 18.6 Å². The summed E-state index contributed by atoms with van der Waals surface area (Å²) in [5.74, 6) is 0.851. The minimum Gasteiger partial charge on any atom is -0.354 e. The highest BCUT2D eigenvalue weighted by Gasteiger charge is 2.28. The number of hydrogen-bond acceptors (Lipinski definition) is 4. The second kappa shape index (κ2) is 7.94. The number of aromatic nitrogens is 1. The van der Waals surface area contributed by atoms with E-state index in [1.165, 1.54) is 11.8 Å². The van der Waals surface area contributed by atoms with Crippen molar-refractivity contribution >= 4 is 23.4 Å². The lowest BCUT2D eigenvalue weighted by Gasteiger charge is -2.09. The highest BCUT2D eigenvalue weighted by atomic mass is 35.5. The van der Waals surface area contributed by atoms with E-state index in [0.717, 1.165) is 16.2 Å². The fourth-order valence-corrected chi connectivity index (χ4v) is 2.41. The minimum absolute atomic E-state index is 0.165. The molecular weight excluding hydrogens is 303 g/mol. The molecule has 0 fully saturated rings. The first-order valence-corrected chi connectivity index (χ1v) is 6.87. The van der Waals surface area contributed by atoms with E-state index < -0.39 is 13.2 Å². The van der Waals surface area contributed by atoms with Gasteiger partial charge in [0.05, 0.1) is 18.2 Å². The number of nitrogens with zero attached hydrogens (tertiary/aromatic N) is 1. The lowest BCUT2D eigenvalue weighted by Crippen LogP contribution is -2.16. The smallest absolute Gasteiger partial charge is 0.354 e. The zero-order chi connectivity index (χ0) is 14.3. The molecule has 0 aliphatic heterocycles. The van der Waals surface area contributed by atoms with Gasteiger partial charge in [0.1, 0.15) is 0 Å². The van der Waals surface area contributed by atoms with Gasteiger partial charge in [0.25, 0.3) is 0 Å². The Hall–Kier alpha value is -0.500. The van der Waals surface area contributed by atoms with Crippen molar-refractivity contribution in [1.82, 2.24) is 4.98 Å². The molecule has 0 aliphatic rings. The number of thioether (sulfide) groups is 1. The first-order chi connectivity index (χ1) is 8.94. The van der Waals surface area contributed by atoms with Gasteiger partial charge in [-0.3, -0.25) is 9.72 Å². The molecular formula is C11H13ClF3NO2S. The highest BCUT2D eigenvalue weighted by Crippen LogP contribution is 2.24. The van der Waals surface area contributed by atoms with Crippen LogP contribution in [0.25, 0.3) is 0 Å². The quantitative estimate of drug-likeness (QED) is 0.332. The molecule has 0 aliphatic carbocycles. The standard InChI is InChI=1S/C11H13ClF3NO2S/c1-8-9(6-12)16-3-2-10(8)19-5-4-17-7-18-11(13,14)15/h2-3H,4-7H2,1H3. The molecule has 1 aromatic heterocycles. The summed E-state index contributed by atoms with van der Waals surface area (Å²) in [5, 5.41) is 0. The summed E-state index contributed by atoms with van der Waals surface area (Å²) in [4.78, 5) is 5.11. The summed E-state index contributed by atoms with van der Waals surface area (Å²) >= 11 is 7.20. The fourth-order valence-electron chi connectivity index (χ4n) is 1.23. The molecule has 0 saturated carbocycles. The van der Waals surface area contributed by atoms with Crippen LogP contribution in [0.1, 0.15) is 11.3 Å². The molecule has 0 amide bonds. The summed E-state index contributed by atoms with van der Waals surface area (Å²) in [6.45, 7) is 1.28. The van der Waals surface area contributed by atoms with E-state index in [0.29, 0.717) is 11.6 Å². The van der Waals surface area contributed by atoms with Gasteiger partial charge in [-0.2, -0.15) is 0 Å². The predicted molar refractivity (Wildman–Crippen MR) is 67.2 cm³/mol. The Kier molecular flexibility index (Phi) is 6.92. The van der Waals surface area contributed by atoms with Crippen LogP contribution in [0.15, 0.2) is 17.2 Å². The van der Waals surface area contributed by atoms with Gasteiger partial charge >= 0.3 is 6.36 Å². The van der Waals surface area contributed by atoms with Crippen LogP contribution in [0.2, 0.25) is 0 Å². The van der Waals surface area contributed by atoms with Crippen molar-refractivity contribution in [3.05, 3.63) is 23.5 Å². The molecule has 0 radical (unpaired) electrons. The Morgan fingerprint density at radius 2 is 2.16 bits per heavy atom. The maximum Gasteiger partial charge on any atom is 0.524 e. The molecule has 0 saturated heterocycles. The molecule has 8 heteroatoms. The van der Waals surface area contributed by atoms with Crippen molar-refractivity contribution in [3.8, 4) is 0 Å². The Bertz CT molecular complexity index is 404. The molecule has 3 nitrogen and oxygen atoms in total.